The SMILES string of the molecule is CCOc1cc(-c2n[nH]nc2C(N)=O)ccc1OCc1ccc(Cl)cc1Cl. The molecule has 0 atom stereocenters. The first-order valence-electron chi connectivity index (χ1n) is 8.04. The van der Waals surface area contributed by atoms with Gasteiger partial charge in [-0.3, -0.25) is 4.79 Å². The summed E-state index contributed by atoms with van der Waals surface area (Å²) in [5, 5.41) is 11.2. The van der Waals surface area contributed by atoms with Crippen molar-refractivity contribution in [1.29, 1.82) is 0 Å². The third kappa shape index (κ3) is 4.32. The molecule has 0 fully saturated rings. The molecule has 0 aliphatic heterocycles. The number of carbonyl (C=O) groups excluding carboxylic acids is 1. The Morgan fingerprint density at radius 3 is 2.63 bits per heavy atom. The lowest BCUT2D eigenvalue weighted by Gasteiger charge is -2.14. The molecular formula is C18H16Cl2N4O3. The Morgan fingerprint density at radius 2 is 1.93 bits per heavy atom. The van der Waals surface area contributed by atoms with E-state index in [4.69, 9.17) is 38.4 Å². The molecule has 9 heteroatoms. The zero-order valence-corrected chi connectivity index (χ0v) is 15.8. The summed E-state index contributed by atoms with van der Waals surface area (Å²) >= 11 is 12.1. The molecule has 0 bridgehead atoms. The second-order valence-corrected chi connectivity index (χ2v) is 6.35. The molecule has 0 radical (unpaired) electrons. The van der Waals surface area contributed by atoms with Gasteiger partial charge in [-0.2, -0.15) is 15.4 Å². The summed E-state index contributed by atoms with van der Waals surface area (Å²) in [6, 6.07) is 10.4. The van der Waals surface area contributed by atoms with Crippen LogP contribution in [0.5, 0.6) is 11.5 Å². The van der Waals surface area contributed by atoms with E-state index in [1.165, 1.54) is 0 Å². The maximum Gasteiger partial charge on any atom is 0.271 e. The van der Waals surface area contributed by atoms with Crippen LogP contribution in [0.1, 0.15) is 23.0 Å². The van der Waals surface area contributed by atoms with Gasteiger partial charge in [0.15, 0.2) is 17.2 Å². The molecule has 0 unspecified atom stereocenters. The van der Waals surface area contributed by atoms with Crippen LogP contribution in [0.4, 0.5) is 0 Å². The fourth-order valence-electron chi connectivity index (χ4n) is 2.44. The van der Waals surface area contributed by atoms with E-state index in [1.54, 1.807) is 36.4 Å². The lowest BCUT2D eigenvalue weighted by molar-refractivity contribution is 0.0996. The highest BCUT2D eigenvalue weighted by Gasteiger charge is 2.17. The van der Waals surface area contributed by atoms with Gasteiger partial charge in [0.1, 0.15) is 12.3 Å². The number of hydrogen-bond acceptors (Lipinski definition) is 5. The highest BCUT2D eigenvalue weighted by atomic mass is 35.5. The van der Waals surface area contributed by atoms with Crippen molar-refractivity contribution in [2.75, 3.05) is 6.61 Å². The second-order valence-electron chi connectivity index (χ2n) is 5.50. The number of halogens is 2. The first kappa shape index (κ1) is 19.0. The number of hydrogen-bond donors (Lipinski definition) is 2. The summed E-state index contributed by atoms with van der Waals surface area (Å²) in [6.07, 6.45) is 0. The largest absolute Gasteiger partial charge is 0.490 e. The number of nitrogens with zero attached hydrogens (tertiary/aromatic N) is 2. The number of aromatic nitrogens is 3. The first-order valence-corrected chi connectivity index (χ1v) is 8.79. The number of nitrogens with two attached hydrogens (primary N) is 1. The van der Waals surface area contributed by atoms with E-state index in [1.807, 2.05) is 6.92 Å². The summed E-state index contributed by atoms with van der Waals surface area (Å²) in [7, 11) is 0. The minimum atomic E-state index is -0.672. The molecule has 7 nitrogen and oxygen atoms in total. The highest BCUT2D eigenvalue weighted by Crippen LogP contribution is 2.34. The Kier molecular flexibility index (Phi) is 5.83. The first-order chi connectivity index (χ1) is 13.0. The molecule has 3 aromatic rings. The van der Waals surface area contributed by atoms with E-state index in [-0.39, 0.29) is 12.3 Å². The van der Waals surface area contributed by atoms with Gasteiger partial charge in [0.05, 0.1) is 6.61 Å². The number of aromatic amines is 1. The van der Waals surface area contributed by atoms with Crippen molar-refractivity contribution < 1.29 is 14.3 Å². The quantitative estimate of drug-likeness (QED) is 0.619. The molecule has 1 heterocycles. The van der Waals surface area contributed by atoms with E-state index in [0.717, 1.165) is 5.56 Å². The lowest BCUT2D eigenvalue weighted by atomic mass is 10.1. The molecule has 140 valence electrons. The summed E-state index contributed by atoms with van der Waals surface area (Å²) in [5.74, 6) is 0.351. The minimum Gasteiger partial charge on any atom is -0.490 e. The molecule has 3 rings (SSSR count). The molecule has 0 spiro atoms. The van der Waals surface area contributed by atoms with Gasteiger partial charge in [-0.25, -0.2) is 0 Å². The van der Waals surface area contributed by atoms with E-state index < -0.39 is 5.91 Å². The molecule has 1 amide bonds. The maximum absolute atomic E-state index is 11.5. The van der Waals surface area contributed by atoms with Gasteiger partial charge in [0, 0.05) is 21.2 Å². The fraction of sp³-hybridized carbons (Fsp3) is 0.167. The van der Waals surface area contributed by atoms with Crippen LogP contribution < -0.4 is 15.2 Å². The lowest BCUT2D eigenvalue weighted by Crippen LogP contribution is -2.12. The van der Waals surface area contributed by atoms with E-state index in [0.29, 0.717) is 39.4 Å². The van der Waals surface area contributed by atoms with Gasteiger partial charge in [0.25, 0.3) is 5.91 Å². The number of ether oxygens (including phenoxy) is 2. The van der Waals surface area contributed by atoms with Crippen molar-refractivity contribution >= 4 is 29.1 Å². The van der Waals surface area contributed by atoms with Crippen molar-refractivity contribution in [3.63, 3.8) is 0 Å². The van der Waals surface area contributed by atoms with Gasteiger partial charge < -0.3 is 15.2 Å². The number of H-pyrrole nitrogens is 1. The smallest absolute Gasteiger partial charge is 0.271 e. The van der Waals surface area contributed by atoms with Gasteiger partial charge in [-0.15, -0.1) is 0 Å². The predicted molar refractivity (Wildman–Crippen MR) is 102 cm³/mol. The van der Waals surface area contributed by atoms with Crippen molar-refractivity contribution in [3.8, 4) is 22.8 Å². The number of amides is 1. The normalized spacial score (nSPS) is 10.6. The summed E-state index contributed by atoms with van der Waals surface area (Å²) in [5.41, 5.74) is 7.13. The maximum atomic E-state index is 11.5. The number of carbonyl (C=O) groups is 1. The monoisotopic (exact) mass is 406 g/mol. The Bertz CT molecular complexity index is 975. The Balaban J connectivity index is 1.87. The van der Waals surface area contributed by atoms with Crippen molar-refractivity contribution in [3.05, 3.63) is 57.7 Å². The second kappa shape index (κ2) is 8.28. The van der Waals surface area contributed by atoms with Crippen molar-refractivity contribution in [1.82, 2.24) is 15.4 Å². The Morgan fingerprint density at radius 1 is 1.11 bits per heavy atom. The molecule has 0 aliphatic rings. The van der Waals surface area contributed by atoms with Crippen LogP contribution in [0.15, 0.2) is 36.4 Å². The van der Waals surface area contributed by atoms with Crippen LogP contribution in [0.3, 0.4) is 0 Å². The number of rotatable bonds is 7. The van der Waals surface area contributed by atoms with Crippen LogP contribution in [0.2, 0.25) is 10.0 Å². The average molecular weight is 407 g/mol. The van der Waals surface area contributed by atoms with Crippen molar-refractivity contribution in [2.45, 2.75) is 13.5 Å². The minimum absolute atomic E-state index is 0.0547. The number of primary amides is 1. The molecule has 0 aliphatic carbocycles. The Labute approximate surface area is 165 Å². The zero-order chi connectivity index (χ0) is 19.4. The number of nitrogens with one attached hydrogen (secondary N) is 1. The van der Waals surface area contributed by atoms with Gasteiger partial charge >= 0.3 is 0 Å². The van der Waals surface area contributed by atoms with Gasteiger partial charge in [-0.1, -0.05) is 29.3 Å². The van der Waals surface area contributed by atoms with E-state index in [2.05, 4.69) is 15.4 Å². The van der Waals surface area contributed by atoms with Gasteiger partial charge in [-0.05, 0) is 37.3 Å². The standard InChI is InChI=1S/C18H16Cl2N4O3/c1-2-26-15-7-10(16-17(18(21)25)23-24-22-16)4-6-14(15)27-9-11-3-5-12(19)8-13(11)20/h3-8H,2,9H2,1H3,(H2,21,25)(H,22,23,24). The highest BCUT2D eigenvalue weighted by molar-refractivity contribution is 6.35. The van der Waals surface area contributed by atoms with Crippen LogP contribution in [0, 0.1) is 0 Å². The van der Waals surface area contributed by atoms with E-state index in [9.17, 15) is 4.79 Å². The third-order valence-corrected chi connectivity index (χ3v) is 4.28. The van der Waals surface area contributed by atoms with Crippen LogP contribution in [0.25, 0.3) is 11.3 Å². The molecular weight excluding hydrogens is 391 g/mol. The summed E-state index contributed by atoms with van der Waals surface area (Å²) in [4.78, 5) is 11.5. The van der Waals surface area contributed by atoms with Crippen LogP contribution in [-0.4, -0.2) is 27.9 Å². The summed E-state index contributed by atoms with van der Waals surface area (Å²) in [6.45, 7) is 2.53. The molecule has 3 N–H and O–H groups in total. The fourth-order valence-corrected chi connectivity index (χ4v) is 2.90. The van der Waals surface area contributed by atoms with Crippen LogP contribution in [-0.2, 0) is 6.61 Å². The predicted octanol–water partition coefficient (Wildman–Crippen LogP) is 3.86. The molecule has 27 heavy (non-hydrogen) atoms. The number of benzene rings is 2. The van der Waals surface area contributed by atoms with Crippen molar-refractivity contribution in [2.24, 2.45) is 5.73 Å². The van der Waals surface area contributed by atoms with Crippen LogP contribution >= 0.6 is 23.2 Å². The van der Waals surface area contributed by atoms with E-state index >= 15 is 0 Å². The molecule has 0 saturated carbocycles. The molecule has 2 aromatic carbocycles. The van der Waals surface area contributed by atoms with Gasteiger partial charge in [0.2, 0.25) is 0 Å². The average Bonchev–Trinajstić information content (AvgIpc) is 3.12. The molecule has 0 saturated heterocycles. The summed E-state index contributed by atoms with van der Waals surface area (Å²) < 4.78 is 11.5. The molecule has 1 aromatic heterocycles. The zero-order valence-electron chi connectivity index (χ0n) is 14.3. The topological polar surface area (TPSA) is 103 Å². The Hall–Kier alpha value is -2.77. The third-order valence-electron chi connectivity index (χ3n) is 3.70.